The molecule has 2 atom stereocenters. The average molecular weight is 361 g/mol. The number of anilines is 3. The first-order chi connectivity index (χ1) is 12.4. The predicted molar refractivity (Wildman–Crippen MR) is 96.2 cm³/mol. The normalized spacial score (nSPS) is 19.8. The van der Waals surface area contributed by atoms with Crippen LogP contribution in [-0.4, -0.2) is 23.0 Å². The van der Waals surface area contributed by atoms with Gasteiger partial charge < -0.3 is 22.1 Å². The van der Waals surface area contributed by atoms with Gasteiger partial charge in [-0.25, -0.2) is 13.8 Å². The Bertz CT molecular complexity index is 814. The lowest BCUT2D eigenvalue weighted by Gasteiger charge is -2.30. The molecule has 1 amide bonds. The maximum atomic E-state index is 14.4. The molecule has 0 saturated heterocycles. The third kappa shape index (κ3) is 4.08. The highest BCUT2D eigenvalue weighted by Gasteiger charge is 2.24. The Labute approximate surface area is 150 Å². The lowest BCUT2D eigenvalue weighted by atomic mass is 9.91. The maximum Gasteiger partial charge on any atom is 0.252 e. The molecule has 1 aliphatic carbocycles. The number of amides is 1. The zero-order valence-electron chi connectivity index (χ0n) is 14.1. The summed E-state index contributed by atoms with van der Waals surface area (Å²) < 4.78 is 27.8. The highest BCUT2D eigenvalue weighted by molar-refractivity contribution is 5.98. The van der Waals surface area contributed by atoms with Gasteiger partial charge in [-0.05, 0) is 37.1 Å². The number of halogens is 2. The van der Waals surface area contributed by atoms with Crippen molar-refractivity contribution >= 4 is 23.2 Å². The molecule has 8 heteroatoms. The molecular weight excluding hydrogens is 340 g/mol. The van der Waals surface area contributed by atoms with E-state index in [1.165, 1.54) is 18.2 Å². The summed E-state index contributed by atoms with van der Waals surface area (Å²) in [4.78, 5) is 15.8. The van der Waals surface area contributed by atoms with Gasteiger partial charge >= 0.3 is 0 Å². The molecule has 6 nitrogen and oxygen atoms in total. The van der Waals surface area contributed by atoms with Gasteiger partial charge in [-0.2, -0.15) is 0 Å². The van der Waals surface area contributed by atoms with Gasteiger partial charge in [0.05, 0.1) is 5.56 Å². The summed E-state index contributed by atoms with van der Waals surface area (Å²) in [7, 11) is 0. The first-order valence-electron chi connectivity index (χ1n) is 8.49. The molecule has 0 radical (unpaired) electrons. The largest absolute Gasteiger partial charge is 0.365 e. The summed E-state index contributed by atoms with van der Waals surface area (Å²) in [5.41, 5.74) is 11.7. The Morgan fingerprint density at radius 3 is 2.62 bits per heavy atom. The van der Waals surface area contributed by atoms with Gasteiger partial charge in [0.15, 0.2) is 11.6 Å². The lowest BCUT2D eigenvalue weighted by molar-refractivity contribution is 0.100. The Morgan fingerprint density at radius 2 is 1.92 bits per heavy atom. The topological polar surface area (TPSA) is 106 Å². The number of pyridine rings is 1. The van der Waals surface area contributed by atoms with Gasteiger partial charge in [-0.1, -0.05) is 18.9 Å². The average Bonchev–Trinajstić information content (AvgIpc) is 2.59. The van der Waals surface area contributed by atoms with Crippen LogP contribution in [0.5, 0.6) is 0 Å². The van der Waals surface area contributed by atoms with Crippen molar-refractivity contribution in [3.8, 4) is 0 Å². The maximum absolute atomic E-state index is 14.4. The van der Waals surface area contributed by atoms with E-state index in [0.29, 0.717) is 5.69 Å². The molecule has 0 unspecified atom stereocenters. The molecular formula is C18H21F2N5O. The number of nitrogens with zero attached hydrogens (tertiary/aromatic N) is 1. The monoisotopic (exact) mass is 361 g/mol. The Morgan fingerprint density at radius 1 is 1.15 bits per heavy atom. The van der Waals surface area contributed by atoms with Crippen LogP contribution in [0.15, 0.2) is 30.3 Å². The summed E-state index contributed by atoms with van der Waals surface area (Å²) in [6.45, 7) is 0. The van der Waals surface area contributed by atoms with Crippen LogP contribution < -0.4 is 22.1 Å². The second-order valence-electron chi connectivity index (χ2n) is 6.41. The highest BCUT2D eigenvalue weighted by Crippen LogP contribution is 2.26. The number of aromatic nitrogens is 1. The van der Waals surface area contributed by atoms with Crippen LogP contribution >= 0.6 is 0 Å². The smallest absolute Gasteiger partial charge is 0.252 e. The number of hydrogen-bond donors (Lipinski definition) is 4. The summed E-state index contributed by atoms with van der Waals surface area (Å²) in [6, 6.07) is 6.45. The lowest BCUT2D eigenvalue weighted by Crippen LogP contribution is -2.43. The van der Waals surface area contributed by atoms with Crippen molar-refractivity contribution in [1.82, 2.24) is 4.98 Å². The fourth-order valence-corrected chi connectivity index (χ4v) is 3.09. The van der Waals surface area contributed by atoms with Crippen molar-refractivity contribution in [1.29, 1.82) is 0 Å². The van der Waals surface area contributed by atoms with Crippen LogP contribution in [0.4, 0.5) is 26.1 Å². The Kier molecular flexibility index (Phi) is 5.32. The van der Waals surface area contributed by atoms with E-state index in [2.05, 4.69) is 15.6 Å². The van der Waals surface area contributed by atoms with E-state index in [1.807, 2.05) is 0 Å². The Balaban J connectivity index is 1.92. The van der Waals surface area contributed by atoms with Crippen molar-refractivity contribution in [3.05, 3.63) is 47.5 Å². The number of benzene rings is 1. The van der Waals surface area contributed by atoms with Crippen LogP contribution in [0.1, 0.15) is 36.0 Å². The van der Waals surface area contributed by atoms with E-state index >= 15 is 0 Å². The molecule has 1 aliphatic rings. The molecule has 1 aromatic heterocycles. The third-order valence-electron chi connectivity index (χ3n) is 4.47. The number of nitrogens with one attached hydrogen (secondary N) is 2. The molecule has 1 aromatic carbocycles. The van der Waals surface area contributed by atoms with Gasteiger partial charge in [0.2, 0.25) is 0 Å². The number of carbonyl (C=O) groups is 1. The second kappa shape index (κ2) is 7.65. The van der Waals surface area contributed by atoms with Crippen LogP contribution in [0.25, 0.3) is 0 Å². The quantitative estimate of drug-likeness (QED) is 0.655. The Hall–Kier alpha value is -2.74. The van der Waals surface area contributed by atoms with Crippen molar-refractivity contribution in [2.75, 3.05) is 10.6 Å². The minimum absolute atomic E-state index is 0.0174. The zero-order chi connectivity index (χ0) is 18.7. The molecule has 1 heterocycles. The first-order valence-corrected chi connectivity index (χ1v) is 8.49. The van der Waals surface area contributed by atoms with Gasteiger partial charge in [0, 0.05) is 17.8 Å². The number of nitrogens with two attached hydrogens (primary N) is 2. The zero-order valence-corrected chi connectivity index (χ0v) is 14.1. The van der Waals surface area contributed by atoms with Gasteiger partial charge in [-0.15, -0.1) is 0 Å². The number of carbonyl (C=O) groups excluding carboxylic acids is 1. The van der Waals surface area contributed by atoms with E-state index < -0.39 is 17.5 Å². The summed E-state index contributed by atoms with van der Waals surface area (Å²) in [5, 5.41) is 5.85. The number of hydrogen-bond acceptors (Lipinski definition) is 5. The molecule has 2 aromatic rings. The molecule has 0 aliphatic heterocycles. The van der Waals surface area contributed by atoms with E-state index in [-0.39, 0.29) is 29.3 Å². The van der Waals surface area contributed by atoms with Crippen molar-refractivity contribution in [2.45, 2.75) is 37.8 Å². The van der Waals surface area contributed by atoms with E-state index in [0.717, 1.165) is 31.7 Å². The first kappa shape index (κ1) is 18.1. The molecule has 0 bridgehead atoms. The van der Waals surface area contributed by atoms with Gasteiger partial charge in [0.25, 0.3) is 5.91 Å². The van der Waals surface area contributed by atoms with E-state index in [4.69, 9.17) is 11.5 Å². The van der Waals surface area contributed by atoms with Gasteiger partial charge in [-0.3, -0.25) is 4.79 Å². The fraction of sp³-hybridized carbons (Fsp3) is 0.333. The molecule has 1 saturated carbocycles. The van der Waals surface area contributed by atoms with Crippen molar-refractivity contribution in [3.63, 3.8) is 0 Å². The molecule has 1 fully saturated rings. The molecule has 6 N–H and O–H groups in total. The number of rotatable bonds is 5. The summed E-state index contributed by atoms with van der Waals surface area (Å²) in [5.74, 6) is -1.95. The van der Waals surface area contributed by atoms with Gasteiger partial charge in [0.1, 0.15) is 11.6 Å². The van der Waals surface area contributed by atoms with Crippen LogP contribution in [-0.2, 0) is 0 Å². The third-order valence-corrected chi connectivity index (χ3v) is 4.47. The van der Waals surface area contributed by atoms with Crippen LogP contribution in [0.2, 0.25) is 0 Å². The van der Waals surface area contributed by atoms with Crippen molar-refractivity contribution in [2.24, 2.45) is 11.5 Å². The standard InChI is InChI=1S/C18H21F2N5O/c19-10-4-3-5-11(8-10)23-17-12(16(22)26)9-13(20)18(25-17)24-15-7-2-1-6-14(15)21/h3-5,8-9,14-15H,1-2,6-7,21H2,(H2,22,26)(H2,23,24,25)/t14-,15+/m0/s1. The minimum atomic E-state index is -0.837. The summed E-state index contributed by atoms with van der Waals surface area (Å²) in [6.07, 6.45) is 3.71. The van der Waals surface area contributed by atoms with Crippen LogP contribution in [0.3, 0.4) is 0 Å². The predicted octanol–water partition coefficient (Wildman–Crippen LogP) is 2.88. The van der Waals surface area contributed by atoms with E-state index in [9.17, 15) is 13.6 Å². The van der Waals surface area contributed by atoms with Crippen LogP contribution in [0, 0.1) is 11.6 Å². The minimum Gasteiger partial charge on any atom is -0.365 e. The number of primary amides is 1. The molecule has 26 heavy (non-hydrogen) atoms. The van der Waals surface area contributed by atoms with Crippen molar-refractivity contribution < 1.29 is 13.6 Å². The summed E-state index contributed by atoms with van der Waals surface area (Å²) >= 11 is 0. The fourth-order valence-electron chi connectivity index (χ4n) is 3.09. The SMILES string of the molecule is NC(=O)c1cc(F)c(N[C@@H]2CCCC[C@@H]2N)nc1Nc1cccc(F)c1. The highest BCUT2D eigenvalue weighted by atomic mass is 19.1. The molecule has 3 rings (SSSR count). The molecule has 0 spiro atoms. The van der Waals surface area contributed by atoms with E-state index in [1.54, 1.807) is 6.07 Å². The second-order valence-corrected chi connectivity index (χ2v) is 6.41. The molecule has 138 valence electrons.